The Kier molecular flexibility index (Phi) is 3.65. The molecule has 3 aromatic rings. The van der Waals surface area contributed by atoms with E-state index in [0.29, 0.717) is 5.89 Å². The minimum atomic E-state index is -1.10. The van der Waals surface area contributed by atoms with E-state index in [2.05, 4.69) is 20.9 Å². The van der Waals surface area contributed by atoms with E-state index >= 15 is 0 Å². The van der Waals surface area contributed by atoms with E-state index in [1.54, 1.807) is 0 Å². The van der Waals surface area contributed by atoms with Crippen molar-refractivity contribution in [3.63, 3.8) is 0 Å². The molecular formula is C15H10BrNO3S. The third-order valence-corrected chi connectivity index (χ3v) is 4.35. The smallest absolute Gasteiger partial charge is 0.358 e. The van der Waals surface area contributed by atoms with Gasteiger partial charge in [-0.3, -0.25) is 0 Å². The molecule has 0 aliphatic heterocycles. The van der Waals surface area contributed by atoms with Crippen molar-refractivity contribution >= 4 is 33.2 Å². The lowest BCUT2D eigenvalue weighted by molar-refractivity contribution is 0.0691. The molecule has 0 aliphatic rings. The van der Waals surface area contributed by atoms with Crippen LogP contribution in [0.15, 0.2) is 44.6 Å². The molecule has 1 aromatic carbocycles. The summed E-state index contributed by atoms with van der Waals surface area (Å²) < 4.78 is 6.66. The van der Waals surface area contributed by atoms with Crippen LogP contribution >= 0.6 is 27.3 Å². The van der Waals surface area contributed by atoms with Crippen molar-refractivity contribution in [2.45, 2.75) is 6.92 Å². The first-order valence-corrected chi connectivity index (χ1v) is 7.78. The molecule has 6 heteroatoms. The highest BCUT2D eigenvalue weighted by molar-refractivity contribution is 9.10. The monoisotopic (exact) mass is 363 g/mol. The van der Waals surface area contributed by atoms with Gasteiger partial charge in [-0.25, -0.2) is 9.78 Å². The number of aryl methyl sites for hydroxylation is 1. The van der Waals surface area contributed by atoms with E-state index < -0.39 is 5.97 Å². The standard InChI is InChI=1S/C15H10BrNO3S/c1-8-7-9(16)4-5-10(8)13-12(15(18)19)17-14(20-13)11-3-2-6-21-11/h2-7H,1H3,(H,18,19). The fourth-order valence-corrected chi connectivity index (χ4v) is 3.16. The van der Waals surface area contributed by atoms with Crippen molar-refractivity contribution in [3.05, 3.63) is 51.4 Å². The number of benzene rings is 1. The SMILES string of the molecule is Cc1cc(Br)ccc1-c1oc(-c2cccs2)nc1C(=O)O. The van der Waals surface area contributed by atoms with Gasteiger partial charge < -0.3 is 9.52 Å². The van der Waals surface area contributed by atoms with Crippen LogP contribution in [-0.4, -0.2) is 16.1 Å². The summed E-state index contributed by atoms with van der Waals surface area (Å²) in [7, 11) is 0. The second-order valence-electron chi connectivity index (χ2n) is 4.44. The average molecular weight is 364 g/mol. The zero-order valence-electron chi connectivity index (χ0n) is 11.0. The third-order valence-electron chi connectivity index (χ3n) is 2.99. The predicted octanol–water partition coefficient (Wildman–Crippen LogP) is 4.84. The van der Waals surface area contributed by atoms with Crippen molar-refractivity contribution in [2.24, 2.45) is 0 Å². The highest BCUT2D eigenvalue weighted by Gasteiger charge is 2.23. The molecule has 0 bridgehead atoms. The maximum absolute atomic E-state index is 11.4. The molecule has 0 radical (unpaired) electrons. The molecule has 0 fully saturated rings. The molecule has 0 amide bonds. The summed E-state index contributed by atoms with van der Waals surface area (Å²) in [6.07, 6.45) is 0. The third kappa shape index (κ3) is 2.64. The number of aromatic carboxylic acids is 1. The van der Waals surface area contributed by atoms with Crippen molar-refractivity contribution in [2.75, 3.05) is 0 Å². The van der Waals surface area contributed by atoms with Crippen molar-refractivity contribution < 1.29 is 14.3 Å². The van der Waals surface area contributed by atoms with Crippen molar-refractivity contribution in [3.8, 4) is 22.1 Å². The van der Waals surface area contributed by atoms with Gasteiger partial charge in [0.05, 0.1) is 4.88 Å². The molecule has 0 saturated carbocycles. The number of carboxylic acid groups (broad SMARTS) is 1. The Labute approximate surface area is 133 Å². The topological polar surface area (TPSA) is 63.3 Å². The highest BCUT2D eigenvalue weighted by Crippen LogP contribution is 2.34. The Balaban J connectivity index is 2.19. The molecule has 2 heterocycles. The molecule has 0 saturated heterocycles. The fraction of sp³-hybridized carbons (Fsp3) is 0.0667. The van der Waals surface area contributed by atoms with Crippen molar-refractivity contribution in [1.29, 1.82) is 0 Å². The molecule has 0 atom stereocenters. The molecule has 0 spiro atoms. The minimum Gasteiger partial charge on any atom is -0.476 e. The van der Waals surface area contributed by atoms with Gasteiger partial charge in [0.25, 0.3) is 0 Å². The largest absolute Gasteiger partial charge is 0.476 e. The van der Waals surface area contributed by atoms with Crippen LogP contribution in [-0.2, 0) is 0 Å². The van der Waals surface area contributed by atoms with E-state index in [0.717, 1.165) is 20.5 Å². The maximum atomic E-state index is 11.4. The summed E-state index contributed by atoms with van der Waals surface area (Å²) in [5.74, 6) is -0.477. The van der Waals surface area contributed by atoms with E-state index in [4.69, 9.17) is 4.42 Å². The van der Waals surface area contributed by atoms with Gasteiger partial charge in [0.15, 0.2) is 11.5 Å². The van der Waals surface area contributed by atoms with Crippen LogP contribution < -0.4 is 0 Å². The fourth-order valence-electron chi connectivity index (χ4n) is 2.04. The first-order chi connectivity index (χ1) is 10.1. The van der Waals surface area contributed by atoms with Gasteiger partial charge >= 0.3 is 5.97 Å². The number of halogens is 1. The van der Waals surface area contributed by atoms with Gasteiger partial charge in [-0.2, -0.15) is 0 Å². The predicted molar refractivity (Wildman–Crippen MR) is 84.6 cm³/mol. The number of oxazole rings is 1. The minimum absolute atomic E-state index is 0.0659. The zero-order valence-corrected chi connectivity index (χ0v) is 13.4. The molecule has 106 valence electrons. The van der Waals surface area contributed by atoms with Crippen LogP contribution in [0.3, 0.4) is 0 Å². The molecule has 21 heavy (non-hydrogen) atoms. The number of hydrogen-bond donors (Lipinski definition) is 1. The average Bonchev–Trinajstić information content (AvgIpc) is 3.07. The molecule has 2 aromatic heterocycles. The quantitative estimate of drug-likeness (QED) is 0.722. The first kappa shape index (κ1) is 14.0. The van der Waals surface area contributed by atoms with E-state index in [1.807, 2.05) is 42.6 Å². The number of thiophene rings is 1. The summed E-state index contributed by atoms with van der Waals surface area (Å²) in [5.41, 5.74) is 1.58. The Bertz CT molecular complexity index is 808. The number of rotatable bonds is 3. The number of carbonyl (C=O) groups is 1. The van der Waals surface area contributed by atoms with Gasteiger partial charge in [0, 0.05) is 10.0 Å². The van der Waals surface area contributed by atoms with E-state index in [1.165, 1.54) is 11.3 Å². The molecule has 0 unspecified atom stereocenters. The molecule has 1 N–H and O–H groups in total. The second kappa shape index (κ2) is 5.46. The Morgan fingerprint density at radius 2 is 2.19 bits per heavy atom. The van der Waals surface area contributed by atoms with Crippen LogP contribution in [0.5, 0.6) is 0 Å². The molecular weight excluding hydrogens is 354 g/mol. The Hall–Kier alpha value is -1.92. The Morgan fingerprint density at radius 1 is 1.38 bits per heavy atom. The van der Waals surface area contributed by atoms with Crippen LogP contribution in [0.1, 0.15) is 16.1 Å². The lowest BCUT2D eigenvalue weighted by Crippen LogP contribution is -1.99. The van der Waals surface area contributed by atoms with Crippen LogP contribution in [0, 0.1) is 6.92 Å². The van der Waals surface area contributed by atoms with Gasteiger partial charge in [-0.05, 0) is 42.1 Å². The van der Waals surface area contributed by atoms with Gasteiger partial charge in [-0.15, -0.1) is 11.3 Å². The van der Waals surface area contributed by atoms with Crippen LogP contribution in [0.2, 0.25) is 0 Å². The normalized spacial score (nSPS) is 10.8. The van der Waals surface area contributed by atoms with Crippen LogP contribution in [0.4, 0.5) is 0 Å². The van der Waals surface area contributed by atoms with Gasteiger partial charge in [0.2, 0.25) is 5.89 Å². The van der Waals surface area contributed by atoms with E-state index in [-0.39, 0.29) is 11.5 Å². The van der Waals surface area contributed by atoms with Crippen molar-refractivity contribution in [1.82, 2.24) is 4.98 Å². The number of hydrogen-bond acceptors (Lipinski definition) is 4. The molecule has 4 nitrogen and oxygen atoms in total. The molecule has 0 aliphatic carbocycles. The first-order valence-electron chi connectivity index (χ1n) is 6.11. The summed E-state index contributed by atoms with van der Waals surface area (Å²) in [6.45, 7) is 1.90. The van der Waals surface area contributed by atoms with Gasteiger partial charge in [0.1, 0.15) is 0 Å². The summed E-state index contributed by atoms with van der Waals surface area (Å²) in [5, 5.41) is 11.2. The summed E-state index contributed by atoms with van der Waals surface area (Å²) in [4.78, 5) is 16.4. The maximum Gasteiger partial charge on any atom is 0.358 e. The Morgan fingerprint density at radius 3 is 2.81 bits per heavy atom. The lowest BCUT2D eigenvalue weighted by atomic mass is 10.1. The highest BCUT2D eigenvalue weighted by atomic mass is 79.9. The number of aromatic nitrogens is 1. The van der Waals surface area contributed by atoms with Gasteiger partial charge in [-0.1, -0.05) is 22.0 Å². The number of carboxylic acids is 1. The molecule has 3 rings (SSSR count). The number of nitrogens with zero attached hydrogens (tertiary/aromatic N) is 1. The van der Waals surface area contributed by atoms with Crippen LogP contribution in [0.25, 0.3) is 22.1 Å². The summed E-state index contributed by atoms with van der Waals surface area (Å²) >= 11 is 4.85. The lowest BCUT2D eigenvalue weighted by Gasteiger charge is -2.03. The van der Waals surface area contributed by atoms with E-state index in [9.17, 15) is 9.90 Å². The zero-order chi connectivity index (χ0) is 15.0. The summed E-state index contributed by atoms with van der Waals surface area (Å²) in [6, 6.07) is 9.30. The second-order valence-corrected chi connectivity index (χ2v) is 6.30.